The maximum absolute atomic E-state index is 12.5. The fourth-order valence-corrected chi connectivity index (χ4v) is 4.16. The van der Waals surface area contributed by atoms with E-state index in [4.69, 9.17) is 4.74 Å². The Balaban J connectivity index is 1.64. The first kappa shape index (κ1) is 19.9. The number of amidine groups is 1. The predicted octanol–water partition coefficient (Wildman–Crippen LogP) is 0.872. The molecule has 1 aliphatic rings. The third-order valence-electron chi connectivity index (χ3n) is 4.38. The Morgan fingerprint density at radius 2 is 1.86 bits per heavy atom. The Bertz CT molecular complexity index is 996. The lowest BCUT2D eigenvalue weighted by molar-refractivity contribution is -0.448. The summed E-state index contributed by atoms with van der Waals surface area (Å²) in [5, 5.41) is 2.68. The monoisotopic (exact) mass is 402 g/mol. The van der Waals surface area contributed by atoms with E-state index in [1.54, 1.807) is 12.1 Å². The smallest absolute Gasteiger partial charge is 0.328 e. The van der Waals surface area contributed by atoms with Crippen molar-refractivity contribution < 1.29 is 22.9 Å². The standard InChI is InChI=1S/C20H23N3O4S/c1-14-6-3-7-15(2)20(14)27-13-19(24)22-16-8-4-9-17(12-16)28(25,26)23-18-10-5-11-21-18/h3-4,6-9,12H,5,10-11,13H2,1-2H3,(H,21,23)(H,22,24)/p+1. The van der Waals surface area contributed by atoms with Crippen LogP contribution in [-0.2, 0) is 14.8 Å². The average molecular weight is 402 g/mol. The van der Waals surface area contributed by atoms with Crippen molar-refractivity contribution in [3.8, 4) is 5.75 Å². The van der Waals surface area contributed by atoms with Gasteiger partial charge in [0, 0.05) is 5.69 Å². The van der Waals surface area contributed by atoms with Gasteiger partial charge in [0.05, 0.1) is 13.0 Å². The van der Waals surface area contributed by atoms with Crippen LogP contribution in [0.1, 0.15) is 24.0 Å². The molecular formula is C20H24N3O4S+. The minimum absolute atomic E-state index is 0.0853. The fourth-order valence-electron chi connectivity index (χ4n) is 3.00. The number of hydrogen-bond donors (Lipinski definition) is 3. The number of amides is 1. The van der Waals surface area contributed by atoms with E-state index < -0.39 is 10.0 Å². The Morgan fingerprint density at radius 3 is 2.54 bits per heavy atom. The molecule has 0 aromatic heterocycles. The number of sulfonamides is 1. The molecule has 148 valence electrons. The molecule has 0 radical (unpaired) electrons. The number of ether oxygens (including phenoxy) is 1. The van der Waals surface area contributed by atoms with Gasteiger partial charge in [-0.1, -0.05) is 24.3 Å². The van der Waals surface area contributed by atoms with Gasteiger partial charge >= 0.3 is 10.0 Å². The highest BCUT2D eigenvalue weighted by Crippen LogP contribution is 2.22. The largest absolute Gasteiger partial charge is 0.483 e. The van der Waals surface area contributed by atoms with Crippen molar-refractivity contribution in [2.45, 2.75) is 31.6 Å². The van der Waals surface area contributed by atoms with Crippen LogP contribution in [-0.4, -0.2) is 33.3 Å². The molecule has 0 atom stereocenters. The third kappa shape index (κ3) is 4.89. The van der Waals surface area contributed by atoms with E-state index in [0.717, 1.165) is 24.1 Å². The molecule has 0 aliphatic carbocycles. The summed E-state index contributed by atoms with van der Waals surface area (Å²) in [6.45, 7) is 4.43. The Hall–Kier alpha value is -2.87. The fraction of sp³-hybridized carbons (Fsp3) is 0.300. The first-order valence-electron chi connectivity index (χ1n) is 9.06. The molecule has 0 bridgehead atoms. The second kappa shape index (κ2) is 8.43. The van der Waals surface area contributed by atoms with Crippen molar-refractivity contribution in [1.82, 2.24) is 4.72 Å². The molecule has 0 saturated heterocycles. The second-order valence-electron chi connectivity index (χ2n) is 6.70. The summed E-state index contributed by atoms with van der Waals surface area (Å²) in [6.07, 6.45) is 1.57. The molecule has 2 aromatic rings. The van der Waals surface area contributed by atoms with Gasteiger partial charge < -0.3 is 10.1 Å². The maximum atomic E-state index is 12.5. The minimum Gasteiger partial charge on any atom is -0.483 e. The SMILES string of the molecule is Cc1cccc(C)c1OCC(=O)Nc1cccc(S(=O)(=O)NC2=[NH+]CCC2)c1. The molecule has 0 fully saturated rings. The van der Waals surface area contributed by atoms with Crippen molar-refractivity contribution in [2.75, 3.05) is 18.5 Å². The predicted molar refractivity (Wildman–Crippen MR) is 107 cm³/mol. The molecule has 2 aromatic carbocycles. The van der Waals surface area contributed by atoms with Crippen LogP contribution >= 0.6 is 0 Å². The number of para-hydroxylation sites is 1. The summed E-state index contributed by atoms with van der Waals surface area (Å²) in [4.78, 5) is 15.3. The number of hydrogen-bond acceptors (Lipinski definition) is 4. The summed E-state index contributed by atoms with van der Waals surface area (Å²) < 4.78 is 33.2. The molecule has 28 heavy (non-hydrogen) atoms. The molecular weight excluding hydrogens is 378 g/mol. The summed E-state index contributed by atoms with van der Waals surface area (Å²) in [6, 6.07) is 11.9. The molecule has 0 saturated carbocycles. The highest BCUT2D eigenvalue weighted by atomic mass is 32.2. The molecule has 8 heteroatoms. The molecule has 1 amide bonds. The van der Waals surface area contributed by atoms with Gasteiger partial charge in [0.2, 0.25) is 0 Å². The number of anilines is 1. The zero-order valence-electron chi connectivity index (χ0n) is 15.9. The molecule has 0 spiro atoms. The summed E-state index contributed by atoms with van der Waals surface area (Å²) in [5.41, 5.74) is 2.29. The second-order valence-corrected chi connectivity index (χ2v) is 8.38. The van der Waals surface area contributed by atoms with Crippen LogP contribution < -0.4 is 19.8 Å². The van der Waals surface area contributed by atoms with Gasteiger partial charge in [0.25, 0.3) is 11.7 Å². The van der Waals surface area contributed by atoms with Gasteiger partial charge in [-0.05, 0) is 49.6 Å². The molecule has 7 nitrogen and oxygen atoms in total. The van der Waals surface area contributed by atoms with E-state index in [1.165, 1.54) is 12.1 Å². The van der Waals surface area contributed by atoms with Crippen LogP contribution in [0, 0.1) is 13.8 Å². The lowest BCUT2D eigenvalue weighted by Gasteiger charge is -2.12. The zero-order valence-corrected chi connectivity index (χ0v) is 16.7. The van der Waals surface area contributed by atoms with E-state index in [-0.39, 0.29) is 17.4 Å². The number of aryl methyl sites for hydroxylation is 2. The van der Waals surface area contributed by atoms with Crippen LogP contribution in [0.25, 0.3) is 0 Å². The maximum Gasteiger partial charge on any atom is 0.328 e. The van der Waals surface area contributed by atoms with Crippen LogP contribution in [0.3, 0.4) is 0 Å². The highest BCUT2D eigenvalue weighted by Gasteiger charge is 2.24. The number of benzene rings is 2. The van der Waals surface area contributed by atoms with E-state index in [2.05, 4.69) is 15.0 Å². The zero-order chi connectivity index (χ0) is 20.1. The number of nitrogens with one attached hydrogen (secondary N) is 3. The van der Waals surface area contributed by atoms with Gasteiger partial charge in [0.1, 0.15) is 10.6 Å². The van der Waals surface area contributed by atoms with E-state index in [9.17, 15) is 13.2 Å². The van der Waals surface area contributed by atoms with Gasteiger partial charge in [0.15, 0.2) is 6.61 Å². The first-order chi connectivity index (χ1) is 13.3. The Kier molecular flexibility index (Phi) is 5.99. The van der Waals surface area contributed by atoms with Gasteiger partial charge in [-0.3, -0.25) is 9.79 Å². The molecule has 1 aliphatic heterocycles. The van der Waals surface area contributed by atoms with Gasteiger partial charge in [-0.15, -0.1) is 0 Å². The van der Waals surface area contributed by atoms with E-state index in [1.807, 2.05) is 32.0 Å². The summed E-state index contributed by atoms with van der Waals surface area (Å²) in [7, 11) is -3.70. The molecule has 1 heterocycles. The van der Waals surface area contributed by atoms with Crippen molar-refractivity contribution in [2.24, 2.45) is 0 Å². The van der Waals surface area contributed by atoms with Crippen LogP contribution in [0.15, 0.2) is 47.4 Å². The lowest BCUT2D eigenvalue weighted by atomic mass is 10.1. The normalized spacial score (nSPS) is 13.7. The minimum atomic E-state index is -3.70. The summed E-state index contributed by atoms with van der Waals surface area (Å²) in [5.74, 6) is 0.910. The van der Waals surface area contributed by atoms with Crippen LogP contribution in [0.4, 0.5) is 5.69 Å². The first-order valence-corrected chi connectivity index (χ1v) is 10.5. The third-order valence-corrected chi connectivity index (χ3v) is 5.77. The number of carbonyl (C=O) groups excluding carboxylic acids is 1. The van der Waals surface area contributed by atoms with Gasteiger partial charge in [-0.2, -0.15) is 13.1 Å². The molecule has 0 unspecified atom stereocenters. The molecule has 3 rings (SSSR count). The number of rotatable bonds is 6. The van der Waals surface area contributed by atoms with Crippen molar-refractivity contribution in [3.63, 3.8) is 0 Å². The van der Waals surface area contributed by atoms with Crippen molar-refractivity contribution in [1.29, 1.82) is 0 Å². The summed E-state index contributed by atoms with van der Waals surface area (Å²) >= 11 is 0. The number of carbonyl (C=O) groups is 1. The lowest BCUT2D eigenvalue weighted by Crippen LogP contribution is -2.72. The topological polar surface area (TPSA) is 98.5 Å². The van der Waals surface area contributed by atoms with Crippen LogP contribution in [0.2, 0.25) is 0 Å². The van der Waals surface area contributed by atoms with Crippen molar-refractivity contribution in [3.05, 3.63) is 53.6 Å². The average Bonchev–Trinajstić information content (AvgIpc) is 3.14. The molecule has 3 N–H and O–H groups in total. The highest BCUT2D eigenvalue weighted by molar-refractivity contribution is 7.90. The van der Waals surface area contributed by atoms with E-state index in [0.29, 0.717) is 23.7 Å². The van der Waals surface area contributed by atoms with E-state index >= 15 is 0 Å². The van der Waals surface area contributed by atoms with Crippen molar-refractivity contribution >= 4 is 27.5 Å². The Morgan fingerprint density at radius 1 is 1.14 bits per heavy atom. The van der Waals surface area contributed by atoms with Crippen LogP contribution in [0.5, 0.6) is 5.75 Å². The Labute approximate surface area is 164 Å². The van der Waals surface area contributed by atoms with Gasteiger partial charge in [-0.25, -0.2) is 0 Å². The quantitative estimate of drug-likeness (QED) is 0.668.